The van der Waals surface area contributed by atoms with Gasteiger partial charge in [-0.25, -0.2) is 0 Å². The fourth-order valence-corrected chi connectivity index (χ4v) is 4.03. The van der Waals surface area contributed by atoms with Crippen molar-refractivity contribution in [3.05, 3.63) is 71.2 Å². The molecule has 1 heterocycles. The first kappa shape index (κ1) is 21.1. The van der Waals surface area contributed by atoms with Crippen molar-refractivity contribution in [1.82, 2.24) is 4.57 Å². The highest BCUT2D eigenvalue weighted by Gasteiger charge is 2.16. The van der Waals surface area contributed by atoms with Crippen molar-refractivity contribution in [2.45, 2.75) is 20.4 Å². The molecule has 150 valence electrons. The van der Waals surface area contributed by atoms with Crippen molar-refractivity contribution < 1.29 is 14.3 Å². The number of hydrogen-bond acceptors (Lipinski definition) is 4. The molecule has 0 radical (unpaired) electrons. The molecule has 0 bridgehead atoms. The maximum atomic E-state index is 12.9. The molecule has 0 N–H and O–H groups in total. The summed E-state index contributed by atoms with van der Waals surface area (Å²) in [5.74, 6) is -0.00910. The number of carbonyl (C=O) groups excluding carboxylic acids is 2. The van der Waals surface area contributed by atoms with Gasteiger partial charge in [0.05, 0.1) is 11.5 Å². The molecule has 3 rings (SSSR count). The van der Waals surface area contributed by atoms with Gasteiger partial charge in [0.2, 0.25) is 0 Å². The molecule has 1 aromatic heterocycles. The van der Waals surface area contributed by atoms with Gasteiger partial charge in [0, 0.05) is 46.1 Å². The molecule has 29 heavy (non-hydrogen) atoms. The lowest BCUT2D eigenvalue weighted by Crippen LogP contribution is -2.06. The monoisotopic (exact) mass is 407 g/mol. The van der Waals surface area contributed by atoms with Crippen LogP contribution >= 0.6 is 11.8 Å². The second-order valence-electron chi connectivity index (χ2n) is 6.67. The molecule has 0 fully saturated rings. The Bertz CT molecular complexity index is 1120. The van der Waals surface area contributed by atoms with Crippen LogP contribution in [0.25, 0.3) is 21.8 Å². The van der Waals surface area contributed by atoms with Crippen molar-refractivity contribution in [3.63, 3.8) is 0 Å². The van der Waals surface area contributed by atoms with Crippen LogP contribution in [0.3, 0.4) is 0 Å². The van der Waals surface area contributed by atoms with Gasteiger partial charge in [-0.2, -0.15) is 0 Å². The minimum atomic E-state index is -0.0303. The Labute approximate surface area is 175 Å². The van der Waals surface area contributed by atoms with E-state index in [1.807, 2.05) is 49.6 Å². The highest BCUT2D eigenvalue weighted by molar-refractivity contribution is 8.03. The summed E-state index contributed by atoms with van der Waals surface area (Å²) in [6, 6.07) is 11.5. The number of hydrogen-bond donors (Lipinski definition) is 0. The number of ketones is 2. The number of rotatable bonds is 9. The predicted octanol–water partition coefficient (Wildman–Crippen LogP) is 5.65. The fourth-order valence-electron chi connectivity index (χ4n) is 3.49. The quantitative estimate of drug-likeness (QED) is 0.199. The molecule has 0 saturated heterocycles. The predicted molar refractivity (Wildman–Crippen MR) is 122 cm³/mol. The molecule has 2 aromatic carbocycles. The van der Waals surface area contributed by atoms with Crippen LogP contribution in [-0.4, -0.2) is 35.6 Å². The van der Waals surface area contributed by atoms with E-state index in [9.17, 15) is 9.59 Å². The van der Waals surface area contributed by atoms with E-state index in [0.717, 1.165) is 21.8 Å². The van der Waals surface area contributed by atoms with Crippen LogP contribution in [0.2, 0.25) is 0 Å². The van der Waals surface area contributed by atoms with E-state index >= 15 is 0 Å². The van der Waals surface area contributed by atoms with Crippen molar-refractivity contribution >= 4 is 45.1 Å². The minimum Gasteiger partial charge on any atom is -0.380 e. The summed E-state index contributed by atoms with van der Waals surface area (Å²) in [5, 5.41) is 1.93. The van der Waals surface area contributed by atoms with Crippen LogP contribution in [0, 0.1) is 0 Å². The molecular formula is C24H25NO3S. The van der Waals surface area contributed by atoms with Crippen LogP contribution in [-0.2, 0) is 11.3 Å². The summed E-state index contributed by atoms with van der Waals surface area (Å²) in [6.07, 6.45) is 5.24. The Hall–Kier alpha value is -2.63. The fraction of sp³-hybridized carbons (Fsp3) is 0.250. The Kier molecular flexibility index (Phi) is 6.72. The zero-order valence-electron chi connectivity index (χ0n) is 17.0. The van der Waals surface area contributed by atoms with E-state index in [2.05, 4.69) is 11.1 Å². The lowest BCUT2D eigenvalue weighted by Gasteiger charge is -2.08. The van der Waals surface area contributed by atoms with Crippen LogP contribution in [0.4, 0.5) is 0 Å². The molecule has 0 spiro atoms. The first-order valence-corrected chi connectivity index (χ1v) is 10.8. The highest BCUT2D eigenvalue weighted by atomic mass is 32.2. The van der Waals surface area contributed by atoms with Crippen LogP contribution < -0.4 is 0 Å². The van der Waals surface area contributed by atoms with Crippen molar-refractivity contribution in [2.24, 2.45) is 0 Å². The molecular weight excluding hydrogens is 382 g/mol. The maximum Gasteiger partial charge on any atom is 0.199 e. The molecule has 0 atom stereocenters. The van der Waals surface area contributed by atoms with Crippen molar-refractivity contribution in [2.75, 3.05) is 19.5 Å². The summed E-state index contributed by atoms with van der Waals surface area (Å²) in [7, 11) is 0. The van der Waals surface area contributed by atoms with Crippen LogP contribution in [0.1, 0.15) is 34.6 Å². The number of ether oxygens (including phenoxy) is 1. The highest BCUT2D eigenvalue weighted by Crippen LogP contribution is 2.32. The van der Waals surface area contributed by atoms with Gasteiger partial charge in [0.15, 0.2) is 11.6 Å². The molecule has 3 aromatic rings. The number of thioether (sulfide) groups is 1. The molecule has 4 nitrogen and oxygen atoms in total. The van der Waals surface area contributed by atoms with Gasteiger partial charge in [0.1, 0.15) is 0 Å². The minimum absolute atomic E-state index is 0.0212. The molecule has 0 amide bonds. The number of carbonyl (C=O) groups is 2. The van der Waals surface area contributed by atoms with E-state index in [4.69, 9.17) is 4.74 Å². The number of benzene rings is 2. The average Bonchev–Trinajstić information content (AvgIpc) is 3.04. The third-order valence-electron chi connectivity index (χ3n) is 4.91. The topological polar surface area (TPSA) is 48.3 Å². The van der Waals surface area contributed by atoms with Crippen LogP contribution in [0.15, 0.2) is 60.0 Å². The Morgan fingerprint density at radius 1 is 1.10 bits per heavy atom. The van der Waals surface area contributed by atoms with E-state index in [-0.39, 0.29) is 11.6 Å². The van der Waals surface area contributed by atoms with Crippen molar-refractivity contribution in [1.29, 1.82) is 0 Å². The number of nitrogens with zero attached hydrogens (tertiary/aromatic N) is 1. The van der Waals surface area contributed by atoms with Gasteiger partial charge in [-0.15, -0.1) is 11.8 Å². The third kappa shape index (κ3) is 4.21. The summed E-state index contributed by atoms with van der Waals surface area (Å²) < 4.78 is 7.74. The molecule has 0 aliphatic carbocycles. The van der Waals surface area contributed by atoms with Gasteiger partial charge in [-0.1, -0.05) is 12.7 Å². The first-order valence-electron chi connectivity index (χ1n) is 9.57. The first-order chi connectivity index (χ1) is 14.0. The van der Waals surface area contributed by atoms with E-state index in [1.165, 1.54) is 11.8 Å². The average molecular weight is 408 g/mol. The van der Waals surface area contributed by atoms with E-state index in [0.29, 0.717) is 35.8 Å². The normalized spacial score (nSPS) is 11.9. The van der Waals surface area contributed by atoms with Crippen LogP contribution in [0.5, 0.6) is 0 Å². The molecule has 0 saturated carbocycles. The SMILES string of the molecule is C=C/C=C(\SC)C(=O)c1ccc2c(c1)c1cc(C(C)=O)ccc1n2CCOCC. The number of fused-ring (bicyclic) bond motifs is 3. The molecule has 0 aliphatic heterocycles. The molecule has 5 heteroatoms. The second-order valence-corrected chi connectivity index (χ2v) is 7.52. The smallest absolute Gasteiger partial charge is 0.199 e. The lowest BCUT2D eigenvalue weighted by atomic mass is 10.0. The Balaban J connectivity index is 2.21. The maximum absolute atomic E-state index is 12.9. The van der Waals surface area contributed by atoms with E-state index in [1.54, 1.807) is 19.1 Å². The summed E-state index contributed by atoms with van der Waals surface area (Å²) >= 11 is 1.41. The standard InChI is InChI=1S/C24H25NO3S/c1-5-7-23(29-4)24(27)18-9-11-22-20(15-18)19-14-17(16(3)26)8-10-21(19)25(22)12-13-28-6-2/h5,7-11,14-15H,1,6,12-13H2,2-4H3/b23-7-. The van der Waals surface area contributed by atoms with Gasteiger partial charge in [-0.3, -0.25) is 9.59 Å². The molecule has 0 unspecified atom stereocenters. The summed E-state index contributed by atoms with van der Waals surface area (Å²) in [5.41, 5.74) is 3.34. The van der Waals surface area contributed by atoms with Gasteiger partial charge >= 0.3 is 0 Å². The summed E-state index contributed by atoms with van der Waals surface area (Å²) in [6.45, 7) is 9.20. The molecule has 0 aliphatic rings. The number of Topliss-reactive ketones (excluding diaryl/α,β-unsaturated/α-hetero) is 2. The lowest BCUT2D eigenvalue weighted by molar-refractivity contribution is 0.101. The van der Waals surface area contributed by atoms with Gasteiger partial charge < -0.3 is 9.30 Å². The zero-order valence-corrected chi connectivity index (χ0v) is 17.8. The Morgan fingerprint density at radius 2 is 1.72 bits per heavy atom. The van der Waals surface area contributed by atoms with E-state index < -0.39 is 0 Å². The number of allylic oxidation sites excluding steroid dienone is 3. The Morgan fingerprint density at radius 3 is 2.28 bits per heavy atom. The van der Waals surface area contributed by atoms with Gasteiger partial charge in [0.25, 0.3) is 0 Å². The summed E-state index contributed by atoms with van der Waals surface area (Å²) in [4.78, 5) is 25.5. The zero-order chi connectivity index (χ0) is 21.0. The largest absolute Gasteiger partial charge is 0.380 e. The second kappa shape index (κ2) is 9.25. The number of aromatic nitrogens is 1. The van der Waals surface area contributed by atoms with Gasteiger partial charge in [-0.05, 0) is 62.6 Å². The third-order valence-corrected chi connectivity index (χ3v) is 5.67. The van der Waals surface area contributed by atoms with Crippen molar-refractivity contribution in [3.8, 4) is 0 Å².